The van der Waals surface area contributed by atoms with E-state index in [0.717, 1.165) is 12.1 Å². The predicted molar refractivity (Wildman–Crippen MR) is 110 cm³/mol. The lowest BCUT2D eigenvalue weighted by Gasteiger charge is -2.26. The molecule has 3 rings (SSSR count). The minimum atomic E-state index is -3.55. The highest BCUT2D eigenvalue weighted by molar-refractivity contribution is 6.05. The standard InChI is InChI=1S/C19H22F3N7O4/c1-31-6-7-32-12-8-26-13(15(23)29-12)16(30)28-11-3-2-10(20)14(27-11)18(4-5-18)19(21,22)9-33-17(24)25/h2-3,8H,4-7,9H2,1H3,(H2,23,29)(H3,24,25)(H,27,28,30). The van der Waals surface area contributed by atoms with Gasteiger partial charge in [-0.15, -0.1) is 0 Å². The van der Waals surface area contributed by atoms with Crippen molar-refractivity contribution in [2.45, 2.75) is 24.2 Å². The third-order valence-electron chi connectivity index (χ3n) is 4.93. The van der Waals surface area contributed by atoms with E-state index in [9.17, 15) is 18.0 Å². The number of anilines is 2. The zero-order chi connectivity index (χ0) is 24.2. The van der Waals surface area contributed by atoms with Crippen molar-refractivity contribution in [1.82, 2.24) is 15.0 Å². The summed E-state index contributed by atoms with van der Waals surface area (Å²) in [5, 5.41) is 9.31. The second-order valence-corrected chi connectivity index (χ2v) is 7.20. The Morgan fingerprint density at radius 3 is 2.64 bits per heavy atom. The monoisotopic (exact) mass is 469 g/mol. The maximum absolute atomic E-state index is 14.7. The van der Waals surface area contributed by atoms with Crippen LogP contribution >= 0.6 is 0 Å². The van der Waals surface area contributed by atoms with Crippen LogP contribution in [0.2, 0.25) is 0 Å². The van der Waals surface area contributed by atoms with E-state index < -0.39 is 41.4 Å². The van der Waals surface area contributed by atoms with Gasteiger partial charge in [-0.05, 0) is 25.0 Å². The van der Waals surface area contributed by atoms with Gasteiger partial charge >= 0.3 is 0 Å². The Morgan fingerprint density at radius 2 is 2.03 bits per heavy atom. The molecule has 0 unspecified atom stereocenters. The molecule has 6 N–H and O–H groups in total. The van der Waals surface area contributed by atoms with Crippen LogP contribution in [0.3, 0.4) is 0 Å². The summed E-state index contributed by atoms with van der Waals surface area (Å²) in [5.41, 5.74) is 8.01. The molecule has 0 atom stereocenters. The number of hydrogen-bond donors (Lipinski definition) is 4. The number of rotatable bonds is 10. The van der Waals surface area contributed by atoms with Gasteiger partial charge in [0, 0.05) is 7.11 Å². The highest BCUT2D eigenvalue weighted by Gasteiger charge is 2.65. The Bertz CT molecular complexity index is 1050. The van der Waals surface area contributed by atoms with Crippen LogP contribution in [0.1, 0.15) is 29.0 Å². The summed E-state index contributed by atoms with van der Waals surface area (Å²) in [6, 6.07) is 1.15. The number of hydrogen-bond acceptors (Lipinski definition) is 9. The molecule has 1 aliphatic rings. The summed E-state index contributed by atoms with van der Waals surface area (Å²) in [5.74, 6) is -5.70. The Labute approximate surface area is 186 Å². The van der Waals surface area contributed by atoms with Crippen LogP contribution in [0.15, 0.2) is 18.3 Å². The molecule has 1 saturated carbocycles. The largest absolute Gasteiger partial charge is 0.474 e. The first-order valence-electron chi connectivity index (χ1n) is 9.67. The smallest absolute Gasteiger partial charge is 0.292 e. The van der Waals surface area contributed by atoms with E-state index in [-0.39, 0.29) is 42.7 Å². The topological polar surface area (TPSA) is 171 Å². The van der Waals surface area contributed by atoms with E-state index in [4.69, 9.17) is 26.4 Å². The summed E-state index contributed by atoms with van der Waals surface area (Å²) >= 11 is 0. The van der Waals surface area contributed by atoms with Crippen LogP contribution in [-0.4, -0.2) is 59.7 Å². The van der Waals surface area contributed by atoms with E-state index in [2.05, 4.69) is 25.0 Å². The first-order valence-corrected chi connectivity index (χ1v) is 9.67. The predicted octanol–water partition coefficient (Wildman–Crippen LogP) is 1.45. The number of carbonyl (C=O) groups is 1. The average molecular weight is 469 g/mol. The normalized spacial score (nSPS) is 14.4. The van der Waals surface area contributed by atoms with Gasteiger partial charge in [-0.25, -0.2) is 23.1 Å². The minimum Gasteiger partial charge on any atom is -0.474 e. The Balaban J connectivity index is 1.77. The lowest BCUT2D eigenvalue weighted by molar-refractivity contribution is -0.0806. The zero-order valence-corrected chi connectivity index (χ0v) is 17.5. The van der Waals surface area contributed by atoms with Crippen molar-refractivity contribution in [3.8, 4) is 5.88 Å². The van der Waals surface area contributed by atoms with Gasteiger partial charge in [-0.2, -0.15) is 4.98 Å². The number of nitrogens with zero attached hydrogens (tertiary/aromatic N) is 3. The van der Waals surface area contributed by atoms with E-state index in [0.29, 0.717) is 6.61 Å². The van der Waals surface area contributed by atoms with Crippen molar-refractivity contribution in [1.29, 1.82) is 5.41 Å². The maximum Gasteiger partial charge on any atom is 0.292 e. The summed E-state index contributed by atoms with van der Waals surface area (Å²) < 4.78 is 58.4. The fourth-order valence-electron chi connectivity index (χ4n) is 3.09. The van der Waals surface area contributed by atoms with Gasteiger partial charge in [0.2, 0.25) is 5.88 Å². The van der Waals surface area contributed by atoms with Gasteiger partial charge in [-0.3, -0.25) is 10.2 Å². The molecule has 0 radical (unpaired) electrons. The number of methoxy groups -OCH3 is 1. The highest BCUT2D eigenvalue weighted by atomic mass is 19.3. The third kappa shape index (κ3) is 5.22. The minimum absolute atomic E-state index is 0.0639. The Morgan fingerprint density at radius 1 is 1.30 bits per heavy atom. The molecule has 178 valence electrons. The highest BCUT2D eigenvalue weighted by Crippen LogP contribution is 2.58. The number of amidine groups is 1. The van der Waals surface area contributed by atoms with Crippen LogP contribution in [0, 0.1) is 11.2 Å². The van der Waals surface area contributed by atoms with E-state index >= 15 is 0 Å². The molecule has 1 aliphatic carbocycles. The van der Waals surface area contributed by atoms with Crippen molar-refractivity contribution in [3.05, 3.63) is 35.5 Å². The molecule has 1 fully saturated rings. The number of carbonyl (C=O) groups excluding carboxylic acids is 1. The van der Waals surface area contributed by atoms with E-state index in [1.807, 2.05) is 0 Å². The average Bonchev–Trinajstić information content (AvgIpc) is 3.56. The van der Waals surface area contributed by atoms with Crippen molar-refractivity contribution >= 4 is 23.6 Å². The number of aromatic nitrogens is 3. The molecule has 33 heavy (non-hydrogen) atoms. The number of alkyl halides is 2. The van der Waals surface area contributed by atoms with Crippen LogP contribution in [0.25, 0.3) is 0 Å². The number of nitrogens with two attached hydrogens (primary N) is 2. The number of ether oxygens (including phenoxy) is 3. The van der Waals surface area contributed by atoms with Gasteiger partial charge in [0.15, 0.2) is 18.1 Å². The second-order valence-electron chi connectivity index (χ2n) is 7.20. The zero-order valence-electron chi connectivity index (χ0n) is 17.5. The second kappa shape index (κ2) is 9.44. The number of pyridine rings is 1. The summed E-state index contributed by atoms with van der Waals surface area (Å²) in [6.07, 6.45) is 1.05. The number of nitrogens with one attached hydrogen (secondary N) is 2. The quantitative estimate of drug-likeness (QED) is 0.228. The molecule has 14 heteroatoms. The summed E-state index contributed by atoms with van der Waals surface area (Å²) in [6.45, 7) is -0.697. The summed E-state index contributed by atoms with van der Waals surface area (Å²) in [7, 11) is 1.50. The molecule has 2 aromatic heterocycles. The van der Waals surface area contributed by atoms with Crippen molar-refractivity contribution in [3.63, 3.8) is 0 Å². The molecule has 2 heterocycles. The Hall–Kier alpha value is -3.68. The molecule has 11 nitrogen and oxygen atoms in total. The van der Waals surface area contributed by atoms with Gasteiger partial charge in [-0.1, -0.05) is 0 Å². The molecule has 0 aliphatic heterocycles. The van der Waals surface area contributed by atoms with Gasteiger partial charge < -0.3 is 31.0 Å². The van der Waals surface area contributed by atoms with Crippen molar-refractivity contribution in [2.75, 3.05) is 38.0 Å². The molecule has 0 bridgehead atoms. The van der Waals surface area contributed by atoms with Gasteiger partial charge in [0.1, 0.15) is 18.2 Å². The molecular weight excluding hydrogens is 447 g/mol. The fourth-order valence-corrected chi connectivity index (χ4v) is 3.09. The summed E-state index contributed by atoms with van der Waals surface area (Å²) in [4.78, 5) is 24.3. The molecule has 2 aromatic rings. The van der Waals surface area contributed by atoms with Crippen LogP contribution in [0.4, 0.5) is 24.8 Å². The number of halogens is 3. The maximum atomic E-state index is 14.7. The van der Waals surface area contributed by atoms with Crippen molar-refractivity contribution < 1.29 is 32.2 Å². The molecule has 1 amide bonds. The van der Waals surface area contributed by atoms with Gasteiger partial charge in [0.05, 0.1) is 23.9 Å². The molecule has 0 saturated heterocycles. The van der Waals surface area contributed by atoms with Crippen LogP contribution < -0.4 is 21.5 Å². The SMILES string of the molecule is COCCOc1cnc(C(=O)Nc2ccc(F)c(C3(C(F)(F)COC(=N)N)CC3)n2)c(N)n1. The first-order chi connectivity index (χ1) is 15.6. The van der Waals surface area contributed by atoms with Crippen molar-refractivity contribution in [2.24, 2.45) is 5.73 Å². The first kappa shape index (κ1) is 24.0. The van der Waals surface area contributed by atoms with Crippen LogP contribution in [0.5, 0.6) is 5.88 Å². The number of nitrogen functional groups attached to an aromatic ring is 1. The van der Waals surface area contributed by atoms with E-state index in [1.165, 1.54) is 13.3 Å². The van der Waals surface area contributed by atoms with Gasteiger partial charge in [0.25, 0.3) is 17.9 Å². The third-order valence-corrected chi connectivity index (χ3v) is 4.93. The molecular formula is C19H22F3N7O4. The Kier molecular flexibility index (Phi) is 6.86. The van der Waals surface area contributed by atoms with Crippen LogP contribution in [-0.2, 0) is 14.9 Å². The van der Waals surface area contributed by atoms with E-state index in [1.54, 1.807) is 0 Å². The lowest BCUT2D eigenvalue weighted by Crippen LogP contribution is -2.41. The fraction of sp³-hybridized carbons (Fsp3) is 0.421. The molecule has 0 aromatic carbocycles. The molecule has 0 spiro atoms. The number of amides is 1. The lowest BCUT2D eigenvalue weighted by atomic mass is 9.93.